The Hall–Kier alpha value is -1.29. The van der Waals surface area contributed by atoms with Crippen molar-refractivity contribution in [3.05, 3.63) is 34.1 Å². The molecule has 1 aromatic carbocycles. The molecular weight excluding hydrogens is 428 g/mol. The molecule has 25 heavy (non-hydrogen) atoms. The first-order valence-corrected chi connectivity index (χ1v) is 10.8. The molecule has 1 heterocycles. The van der Waals surface area contributed by atoms with Crippen molar-refractivity contribution in [1.29, 1.82) is 0 Å². The Morgan fingerprint density at radius 3 is 2.52 bits per heavy atom. The minimum Gasteiger partial charge on any atom is -0.465 e. The van der Waals surface area contributed by atoms with Crippen molar-refractivity contribution in [2.45, 2.75) is 31.8 Å². The van der Waals surface area contributed by atoms with Gasteiger partial charge in [-0.1, -0.05) is 28.1 Å². The van der Waals surface area contributed by atoms with E-state index in [1.54, 1.807) is 20.8 Å². The molecule has 0 amide bonds. The fraction of sp³-hybridized carbons (Fsp3) is 0.375. The molecule has 136 valence electrons. The monoisotopic (exact) mass is 446 g/mol. The minimum absolute atomic E-state index is 0.0617. The van der Waals surface area contributed by atoms with Crippen LogP contribution in [0.5, 0.6) is 0 Å². The highest BCUT2D eigenvalue weighted by atomic mass is 79.9. The van der Waals surface area contributed by atoms with Crippen molar-refractivity contribution < 1.29 is 17.9 Å². The zero-order valence-electron chi connectivity index (χ0n) is 14.1. The van der Waals surface area contributed by atoms with E-state index in [1.807, 2.05) is 24.3 Å². The second kappa shape index (κ2) is 8.39. The molecule has 0 fully saturated rings. The third-order valence-electron chi connectivity index (χ3n) is 3.31. The van der Waals surface area contributed by atoms with E-state index in [0.717, 1.165) is 14.3 Å². The Bertz CT molecular complexity index is 832. The minimum atomic E-state index is -3.89. The quantitative estimate of drug-likeness (QED) is 0.607. The van der Waals surface area contributed by atoms with E-state index in [9.17, 15) is 13.2 Å². The number of ether oxygens (including phenoxy) is 1. The summed E-state index contributed by atoms with van der Waals surface area (Å²) in [5.74, 6) is -0.580. The molecule has 9 heteroatoms. The van der Waals surface area contributed by atoms with Gasteiger partial charge in [0.15, 0.2) is 5.03 Å². The number of hydrogen-bond donors (Lipinski definition) is 0. The van der Waals surface area contributed by atoms with Crippen molar-refractivity contribution >= 4 is 43.3 Å². The standard InChI is InChI=1S/C16H19BrN2O4S2/c1-4-23-15(20)9-19(11(2)3)25(21,22)14-10-24-16(18-14)12-5-7-13(17)8-6-12/h5-8,10-11H,4,9H2,1-3H3. The average molecular weight is 447 g/mol. The first-order valence-electron chi connectivity index (χ1n) is 7.64. The van der Waals surface area contributed by atoms with Gasteiger partial charge in [-0.05, 0) is 32.9 Å². The number of sulfonamides is 1. The lowest BCUT2D eigenvalue weighted by molar-refractivity contribution is -0.143. The van der Waals surface area contributed by atoms with Gasteiger partial charge in [0.25, 0.3) is 10.0 Å². The summed E-state index contributed by atoms with van der Waals surface area (Å²) in [6, 6.07) is 7.06. The van der Waals surface area contributed by atoms with E-state index >= 15 is 0 Å². The van der Waals surface area contributed by atoms with E-state index in [1.165, 1.54) is 16.7 Å². The van der Waals surface area contributed by atoms with Crippen molar-refractivity contribution in [3.8, 4) is 10.6 Å². The van der Waals surface area contributed by atoms with Crippen molar-refractivity contribution in [3.63, 3.8) is 0 Å². The van der Waals surface area contributed by atoms with Crippen LogP contribution in [0.4, 0.5) is 0 Å². The van der Waals surface area contributed by atoms with E-state index < -0.39 is 22.0 Å². The molecule has 0 atom stereocenters. The Balaban J connectivity index is 2.31. The molecule has 0 aliphatic rings. The Morgan fingerprint density at radius 2 is 1.96 bits per heavy atom. The van der Waals surface area contributed by atoms with Gasteiger partial charge in [0.2, 0.25) is 0 Å². The number of benzene rings is 1. The summed E-state index contributed by atoms with van der Waals surface area (Å²) in [5.41, 5.74) is 0.830. The van der Waals surface area contributed by atoms with Gasteiger partial charge in [0.1, 0.15) is 11.6 Å². The predicted molar refractivity (Wildman–Crippen MR) is 101 cm³/mol. The Morgan fingerprint density at radius 1 is 1.32 bits per heavy atom. The fourth-order valence-corrected chi connectivity index (χ4v) is 5.02. The van der Waals surface area contributed by atoms with E-state index in [2.05, 4.69) is 20.9 Å². The Kier molecular flexibility index (Phi) is 6.72. The second-order valence-corrected chi connectivity index (χ2v) is 9.06. The summed E-state index contributed by atoms with van der Waals surface area (Å²) < 4.78 is 32.6. The van der Waals surface area contributed by atoms with Crippen molar-refractivity contribution in [1.82, 2.24) is 9.29 Å². The van der Waals surface area contributed by atoms with Crippen LogP contribution in [0, 0.1) is 0 Å². The summed E-state index contributed by atoms with van der Waals surface area (Å²) >= 11 is 4.61. The molecule has 0 bridgehead atoms. The van der Waals surface area contributed by atoms with Crippen LogP contribution >= 0.6 is 27.3 Å². The summed E-state index contributed by atoms with van der Waals surface area (Å²) in [6.45, 7) is 4.96. The van der Waals surface area contributed by atoms with Crippen LogP contribution in [-0.4, -0.2) is 42.9 Å². The molecule has 0 N–H and O–H groups in total. The maximum Gasteiger partial charge on any atom is 0.321 e. The maximum atomic E-state index is 12.9. The van der Waals surface area contributed by atoms with Gasteiger partial charge in [-0.3, -0.25) is 4.79 Å². The number of nitrogens with zero attached hydrogens (tertiary/aromatic N) is 2. The SMILES string of the molecule is CCOC(=O)CN(C(C)C)S(=O)(=O)c1csc(-c2ccc(Br)cc2)n1. The topological polar surface area (TPSA) is 76.6 Å². The number of thiazole rings is 1. The number of carbonyl (C=O) groups is 1. The first kappa shape index (κ1) is 20.0. The molecule has 1 aromatic heterocycles. The van der Waals surface area contributed by atoms with Crippen molar-refractivity contribution in [2.75, 3.05) is 13.2 Å². The molecule has 0 spiro atoms. The zero-order chi connectivity index (χ0) is 18.6. The maximum absolute atomic E-state index is 12.9. The van der Waals surface area contributed by atoms with Crippen LogP contribution < -0.4 is 0 Å². The molecule has 6 nitrogen and oxygen atoms in total. The lowest BCUT2D eigenvalue weighted by Crippen LogP contribution is -2.41. The van der Waals surface area contributed by atoms with Crippen LogP contribution in [0.1, 0.15) is 20.8 Å². The van der Waals surface area contributed by atoms with Gasteiger partial charge in [0, 0.05) is 21.5 Å². The van der Waals surface area contributed by atoms with Crippen LogP contribution in [0.3, 0.4) is 0 Å². The molecule has 0 saturated heterocycles. The molecular formula is C16H19BrN2O4S2. The Labute approximate surface area is 160 Å². The predicted octanol–water partition coefficient (Wildman–Crippen LogP) is 3.53. The number of esters is 1. The average Bonchev–Trinajstić information content (AvgIpc) is 3.04. The molecule has 0 saturated carbocycles. The summed E-state index contributed by atoms with van der Waals surface area (Å²) in [4.78, 5) is 16.0. The molecule has 2 aromatic rings. The smallest absolute Gasteiger partial charge is 0.321 e. The summed E-state index contributed by atoms with van der Waals surface area (Å²) in [5, 5.41) is 2.03. The lowest BCUT2D eigenvalue weighted by Gasteiger charge is -2.23. The highest BCUT2D eigenvalue weighted by Gasteiger charge is 2.31. The van der Waals surface area contributed by atoms with Crippen LogP contribution in [0.15, 0.2) is 39.1 Å². The van der Waals surface area contributed by atoms with Gasteiger partial charge >= 0.3 is 5.97 Å². The van der Waals surface area contributed by atoms with Gasteiger partial charge in [0.05, 0.1) is 6.61 Å². The molecule has 0 aliphatic heterocycles. The normalized spacial score (nSPS) is 11.9. The molecule has 2 rings (SSSR count). The van der Waals surface area contributed by atoms with Crippen LogP contribution in [0.2, 0.25) is 0 Å². The fourth-order valence-electron chi connectivity index (χ4n) is 2.10. The number of halogens is 1. The van der Waals surface area contributed by atoms with E-state index in [4.69, 9.17) is 4.74 Å². The van der Waals surface area contributed by atoms with E-state index in [0.29, 0.717) is 5.01 Å². The third kappa shape index (κ3) is 4.87. The highest BCUT2D eigenvalue weighted by molar-refractivity contribution is 9.10. The number of hydrogen-bond acceptors (Lipinski definition) is 6. The lowest BCUT2D eigenvalue weighted by atomic mass is 10.2. The van der Waals surface area contributed by atoms with Crippen molar-refractivity contribution in [2.24, 2.45) is 0 Å². The molecule has 0 radical (unpaired) electrons. The highest BCUT2D eigenvalue weighted by Crippen LogP contribution is 2.28. The molecule has 0 aliphatic carbocycles. The number of aromatic nitrogens is 1. The second-order valence-electron chi connectivity index (χ2n) is 5.45. The van der Waals surface area contributed by atoms with Gasteiger partial charge in [-0.2, -0.15) is 4.31 Å². The summed E-state index contributed by atoms with van der Waals surface area (Å²) in [7, 11) is -3.89. The third-order valence-corrected chi connectivity index (χ3v) is 6.79. The summed E-state index contributed by atoms with van der Waals surface area (Å²) in [6.07, 6.45) is 0. The van der Waals surface area contributed by atoms with Gasteiger partial charge in [-0.15, -0.1) is 11.3 Å². The first-order chi connectivity index (χ1) is 11.8. The largest absolute Gasteiger partial charge is 0.465 e. The van der Waals surface area contributed by atoms with Gasteiger partial charge in [-0.25, -0.2) is 13.4 Å². The zero-order valence-corrected chi connectivity index (χ0v) is 17.3. The van der Waals surface area contributed by atoms with Gasteiger partial charge < -0.3 is 4.74 Å². The van der Waals surface area contributed by atoms with Crippen LogP contribution in [-0.2, 0) is 19.6 Å². The van der Waals surface area contributed by atoms with Crippen LogP contribution in [0.25, 0.3) is 10.6 Å². The molecule has 0 unspecified atom stereocenters. The van der Waals surface area contributed by atoms with E-state index in [-0.39, 0.29) is 18.2 Å². The number of carbonyl (C=O) groups excluding carboxylic acids is 1. The number of rotatable bonds is 7.